The van der Waals surface area contributed by atoms with Crippen LogP contribution in [0.15, 0.2) is 36.4 Å². The van der Waals surface area contributed by atoms with Crippen molar-refractivity contribution >= 4 is 22.6 Å². The Morgan fingerprint density at radius 1 is 1.14 bits per heavy atom. The van der Waals surface area contributed by atoms with Crippen LogP contribution in [0.1, 0.15) is 48.8 Å². The van der Waals surface area contributed by atoms with Gasteiger partial charge in [0.15, 0.2) is 0 Å². The highest BCUT2D eigenvalue weighted by molar-refractivity contribution is 5.92. The third kappa shape index (κ3) is 4.87. The molecule has 6 nitrogen and oxygen atoms in total. The van der Waals surface area contributed by atoms with Crippen LogP contribution in [0.2, 0.25) is 0 Å². The van der Waals surface area contributed by atoms with Crippen LogP contribution in [0.5, 0.6) is 0 Å². The van der Waals surface area contributed by atoms with Crippen molar-refractivity contribution in [3.63, 3.8) is 0 Å². The highest BCUT2D eigenvalue weighted by atomic mass is 16.5. The smallest absolute Gasteiger partial charge is 0.226 e. The number of nitrogens with one attached hydrogen (secondary N) is 1. The van der Waals surface area contributed by atoms with Gasteiger partial charge in [-0.05, 0) is 80.0 Å². The third-order valence-electron chi connectivity index (χ3n) is 7.80. The van der Waals surface area contributed by atoms with Gasteiger partial charge in [-0.25, -0.2) is 4.98 Å². The second-order valence-corrected chi connectivity index (χ2v) is 10.8. The Balaban J connectivity index is 1.24. The second kappa shape index (κ2) is 9.75. The molecule has 0 unspecified atom stereocenters. The SMILES string of the molecule is CO[C@H]1CN(C[C@H]2Cc3ccc(NC(=O)C(C)C)cc3C2)CC[C@@H]1n1c(C)nc2cc(C)ccc21. The van der Waals surface area contributed by atoms with Gasteiger partial charge >= 0.3 is 0 Å². The summed E-state index contributed by atoms with van der Waals surface area (Å²) in [4.78, 5) is 19.5. The highest BCUT2D eigenvalue weighted by Gasteiger charge is 2.34. The molecule has 0 bridgehead atoms. The Kier molecular flexibility index (Phi) is 6.69. The number of aromatic nitrogens is 2. The minimum Gasteiger partial charge on any atom is -0.378 e. The van der Waals surface area contributed by atoms with Crippen molar-refractivity contribution in [2.75, 3.05) is 32.1 Å². The number of anilines is 1. The largest absolute Gasteiger partial charge is 0.378 e. The van der Waals surface area contributed by atoms with Gasteiger partial charge in [0.25, 0.3) is 0 Å². The van der Waals surface area contributed by atoms with Crippen molar-refractivity contribution in [2.45, 2.75) is 59.1 Å². The molecule has 35 heavy (non-hydrogen) atoms. The van der Waals surface area contributed by atoms with E-state index in [0.29, 0.717) is 12.0 Å². The van der Waals surface area contributed by atoms with Crippen molar-refractivity contribution < 1.29 is 9.53 Å². The molecule has 2 aromatic carbocycles. The molecule has 0 radical (unpaired) electrons. The number of piperidine rings is 1. The first-order valence-corrected chi connectivity index (χ1v) is 13.0. The minimum atomic E-state index is -0.0131. The number of imidazole rings is 1. The standard InChI is InChI=1S/C29H38N4O2/c1-18(2)29(34)31-24-8-7-22-13-21(14-23(22)15-24)16-32-11-10-27(28(17-32)35-5)33-20(4)30-25-12-19(3)6-9-26(25)33/h6-9,12,15,18,21,27-28H,10-11,13-14,16-17H2,1-5H3,(H,31,34)/t21-,27-,28-/m0/s1. The topological polar surface area (TPSA) is 59.4 Å². The fourth-order valence-electron chi connectivity index (χ4n) is 5.98. The average Bonchev–Trinajstić information content (AvgIpc) is 3.37. The molecule has 1 N–H and O–H groups in total. The van der Waals surface area contributed by atoms with Crippen LogP contribution < -0.4 is 5.32 Å². The van der Waals surface area contributed by atoms with Crippen molar-refractivity contribution in [1.82, 2.24) is 14.5 Å². The summed E-state index contributed by atoms with van der Waals surface area (Å²) in [6.45, 7) is 11.2. The number of carbonyl (C=O) groups excluding carboxylic acids is 1. The summed E-state index contributed by atoms with van der Waals surface area (Å²) in [5.41, 5.74) is 7.25. The molecule has 5 rings (SSSR count). The van der Waals surface area contributed by atoms with Crippen LogP contribution in [0.3, 0.4) is 0 Å². The number of benzene rings is 2. The van der Waals surface area contributed by atoms with E-state index in [-0.39, 0.29) is 17.9 Å². The van der Waals surface area contributed by atoms with Gasteiger partial charge in [0, 0.05) is 38.3 Å². The van der Waals surface area contributed by atoms with E-state index in [1.165, 1.54) is 22.2 Å². The van der Waals surface area contributed by atoms with Crippen molar-refractivity contribution in [3.8, 4) is 0 Å². The van der Waals surface area contributed by atoms with Crippen LogP contribution in [-0.4, -0.2) is 53.2 Å². The zero-order valence-corrected chi connectivity index (χ0v) is 21.7. The molecule has 1 fully saturated rings. The number of rotatable bonds is 6. The number of carbonyl (C=O) groups is 1. The first-order valence-electron chi connectivity index (χ1n) is 13.0. The van der Waals surface area contributed by atoms with Crippen LogP contribution in [0, 0.1) is 25.7 Å². The van der Waals surface area contributed by atoms with Gasteiger partial charge in [-0.2, -0.15) is 0 Å². The molecule has 1 amide bonds. The lowest BCUT2D eigenvalue weighted by Crippen LogP contribution is -2.47. The number of nitrogens with zero attached hydrogens (tertiary/aromatic N) is 3. The van der Waals surface area contributed by atoms with Gasteiger partial charge in [-0.15, -0.1) is 0 Å². The Morgan fingerprint density at radius 3 is 2.71 bits per heavy atom. The predicted octanol–water partition coefficient (Wildman–Crippen LogP) is 4.92. The molecule has 2 heterocycles. The van der Waals surface area contributed by atoms with Gasteiger partial charge in [-0.3, -0.25) is 4.79 Å². The normalized spacial score (nSPS) is 22.6. The summed E-state index contributed by atoms with van der Waals surface area (Å²) in [6, 6.07) is 13.3. The zero-order valence-electron chi connectivity index (χ0n) is 21.7. The molecule has 3 atom stereocenters. The summed E-state index contributed by atoms with van der Waals surface area (Å²) < 4.78 is 8.45. The number of hydrogen-bond acceptors (Lipinski definition) is 4. The highest BCUT2D eigenvalue weighted by Crippen LogP contribution is 2.34. The van der Waals surface area contributed by atoms with Gasteiger partial charge < -0.3 is 19.5 Å². The number of hydrogen-bond donors (Lipinski definition) is 1. The number of methoxy groups -OCH3 is 1. The quantitative estimate of drug-likeness (QED) is 0.551. The summed E-state index contributed by atoms with van der Waals surface area (Å²) in [7, 11) is 1.85. The number of likely N-dealkylation sites (tertiary alicyclic amines) is 1. The van der Waals surface area contributed by atoms with Gasteiger partial charge in [0.2, 0.25) is 5.91 Å². The van der Waals surface area contributed by atoms with E-state index in [9.17, 15) is 4.79 Å². The van der Waals surface area contributed by atoms with Crippen molar-refractivity contribution in [2.24, 2.45) is 11.8 Å². The van der Waals surface area contributed by atoms with E-state index in [1.807, 2.05) is 27.0 Å². The average molecular weight is 475 g/mol. The molecule has 1 aliphatic carbocycles. The predicted molar refractivity (Wildman–Crippen MR) is 141 cm³/mol. The zero-order chi connectivity index (χ0) is 24.7. The number of ether oxygens (including phenoxy) is 1. The maximum atomic E-state index is 12.1. The molecular formula is C29H38N4O2. The maximum absolute atomic E-state index is 12.1. The van der Waals surface area contributed by atoms with Crippen LogP contribution in [0.25, 0.3) is 11.0 Å². The van der Waals surface area contributed by atoms with Crippen molar-refractivity contribution in [3.05, 3.63) is 58.9 Å². The first kappa shape index (κ1) is 24.0. The summed E-state index contributed by atoms with van der Waals surface area (Å²) in [5, 5.41) is 3.05. The Morgan fingerprint density at radius 2 is 1.94 bits per heavy atom. The van der Waals surface area contributed by atoms with E-state index in [1.54, 1.807) is 0 Å². The molecule has 1 saturated heterocycles. The third-order valence-corrected chi connectivity index (χ3v) is 7.80. The van der Waals surface area contributed by atoms with E-state index in [4.69, 9.17) is 9.72 Å². The van der Waals surface area contributed by atoms with Crippen LogP contribution >= 0.6 is 0 Å². The number of fused-ring (bicyclic) bond motifs is 2. The molecule has 3 aromatic rings. The molecule has 186 valence electrons. The van der Waals surface area contributed by atoms with Crippen molar-refractivity contribution in [1.29, 1.82) is 0 Å². The van der Waals surface area contributed by atoms with E-state index < -0.39 is 0 Å². The van der Waals surface area contributed by atoms with E-state index >= 15 is 0 Å². The molecule has 6 heteroatoms. The fraction of sp³-hybridized carbons (Fsp3) is 0.517. The molecule has 2 aliphatic rings. The van der Waals surface area contributed by atoms with E-state index in [2.05, 4.69) is 59.0 Å². The molecule has 0 spiro atoms. The lowest BCUT2D eigenvalue weighted by molar-refractivity contribution is -0.118. The van der Waals surface area contributed by atoms with Crippen LogP contribution in [-0.2, 0) is 22.4 Å². The number of aryl methyl sites for hydroxylation is 2. The maximum Gasteiger partial charge on any atom is 0.226 e. The molecule has 1 aliphatic heterocycles. The lowest BCUT2D eigenvalue weighted by Gasteiger charge is -2.40. The van der Waals surface area contributed by atoms with Gasteiger partial charge in [-0.1, -0.05) is 26.0 Å². The molecular weight excluding hydrogens is 436 g/mol. The summed E-state index contributed by atoms with van der Waals surface area (Å²) >= 11 is 0. The Hall–Kier alpha value is -2.70. The number of amides is 1. The summed E-state index contributed by atoms with van der Waals surface area (Å²) in [5.74, 6) is 1.73. The Labute approximate surface area is 208 Å². The minimum absolute atomic E-state index is 0.0131. The van der Waals surface area contributed by atoms with Gasteiger partial charge in [0.1, 0.15) is 5.82 Å². The van der Waals surface area contributed by atoms with Gasteiger partial charge in [0.05, 0.1) is 23.2 Å². The first-order chi connectivity index (χ1) is 16.8. The monoisotopic (exact) mass is 474 g/mol. The molecule has 0 saturated carbocycles. The second-order valence-electron chi connectivity index (χ2n) is 10.8. The lowest BCUT2D eigenvalue weighted by atomic mass is 9.98. The van der Waals surface area contributed by atoms with Crippen LogP contribution in [0.4, 0.5) is 5.69 Å². The fourth-order valence-corrected chi connectivity index (χ4v) is 5.98. The van der Waals surface area contributed by atoms with E-state index in [0.717, 1.165) is 55.9 Å². The summed E-state index contributed by atoms with van der Waals surface area (Å²) in [6.07, 6.45) is 3.38. The molecule has 1 aromatic heterocycles. The Bertz CT molecular complexity index is 1230.